The monoisotopic (exact) mass is 142 g/mol. The summed E-state index contributed by atoms with van der Waals surface area (Å²) >= 11 is 0. The largest absolute Gasteiger partial charge is 0.398 e. The summed E-state index contributed by atoms with van der Waals surface area (Å²) in [5, 5.41) is 8.55. The summed E-state index contributed by atoms with van der Waals surface area (Å²) in [6, 6.07) is 5.25. The van der Waals surface area contributed by atoms with Gasteiger partial charge in [0.25, 0.3) is 0 Å². The third-order valence-electron chi connectivity index (χ3n) is 1.56. The van der Waals surface area contributed by atoms with Crippen LogP contribution in [0.15, 0.2) is 12.1 Å². The van der Waals surface area contributed by atoms with E-state index < -0.39 is 0 Å². The van der Waals surface area contributed by atoms with E-state index in [0.717, 1.165) is 5.56 Å². The van der Waals surface area contributed by atoms with E-state index in [1.807, 2.05) is 13.0 Å². The number of nitrogen functional groups attached to an aromatic ring is 1. The lowest BCUT2D eigenvalue weighted by atomic mass is 9.89. The molecule has 1 rings (SSSR count). The average molecular weight is 142 g/mol. The predicted octanol–water partition coefficient (Wildman–Crippen LogP) is 0.243. The summed E-state index contributed by atoms with van der Waals surface area (Å²) in [4.78, 5) is 0. The van der Waals surface area contributed by atoms with Crippen LogP contribution in [0.25, 0.3) is 0 Å². The normalized spacial score (nSPS) is 9.09. The maximum atomic E-state index is 8.55. The van der Waals surface area contributed by atoms with Gasteiger partial charge in [-0.3, -0.25) is 0 Å². The highest BCUT2D eigenvalue weighted by atomic mass is 14.6. The number of rotatable bonds is 0. The molecule has 0 atom stereocenters. The third kappa shape index (κ3) is 1.35. The van der Waals surface area contributed by atoms with Crippen LogP contribution in [0.1, 0.15) is 11.1 Å². The summed E-state index contributed by atoms with van der Waals surface area (Å²) in [7, 11) is 5.52. The zero-order chi connectivity index (χ0) is 8.43. The minimum atomic E-state index is 0.438. The molecular weight excluding hydrogens is 135 g/mol. The van der Waals surface area contributed by atoms with Crippen LogP contribution < -0.4 is 11.2 Å². The second-order valence-electron chi connectivity index (χ2n) is 2.41. The summed E-state index contributed by atoms with van der Waals surface area (Å²) < 4.78 is 0. The van der Waals surface area contributed by atoms with E-state index in [9.17, 15) is 0 Å². The van der Waals surface area contributed by atoms with Crippen molar-refractivity contribution in [3.05, 3.63) is 23.3 Å². The lowest BCUT2D eigenvalue weighted by Crippen LogP contribution is -2.09. The number of aryl methyl sites for hydroxylation is 1. The average Bonchev–Trinajstić information content (AvgIpc) is 1.97. The maximum Gasteiger partial charge on any atom is 0.115 e. The van der Waals surface area contributed by atoms with E-state index in [1.54, 1.807) is 12.1 Å². The fraction of sp³-hybridized carbons (Fsp3) is 0.125. The number of hydrogen-bond acceptors (Lipinski definition) is 2. The van der Waals surface area contributed by atoms with E-state index in [1.165, 1.54) is 0 Å². The van der Waals surface area contributed by atoms with Gasteiger partial charge in [0.1, 0.15) is 7.85 Å². The standard InChI is InChI=1S/C8H7BN2/c1-5-2-7(9)6(4-10)3-8(5)11/h2-3H,11H2,1H3. The number of benzene rings is 1. The number of anilines is 1. The molecule has 0 aliphatic rings. The van der Waals surface area contributed by atoms with E-state index in [4.69, 9.17) is 18.8 Å². The molecule has 2 radical (unpaired) electrons. The van der Waals surface area contributed by atoms with Crippen molar-refractivity contribution in [2.45, 2.75) is 6.92 Å². The molecule has 0 aliphatic heterocycles. The Morgan fingerprint density at radius 3 is 2.73 bits per heavy atom. The number of nitrogens with two attached hydrogens (primary N) is 1. The van der Waals surface area contributed by atoms with Crippen molar-refractivity contribution in [1.82, 2.24) is 0 Å². The summed E-state index contributed by atoms with van der Waals surface area (Å²) in [6.45, 7) is 1.85. The molecule has 0 bridgehead atoms. The quantitative estimate of drug-likeness (QED) is 0.416. The molecule has 3 heteroatoms. The second kappa shape index (κ2) is 2.67. The highest BCUT2D eigenvalue weighted by Gasteiger charge is 1.99. The predicted molar refractivity (Wildman–Crippen MR) is 45.7 cm³/mol. The third-order valence-corrected chi connectivity index (χ3v) is 1.56. The van der Waals surface area contributed by atoms with Crippen molar-refractivity contribution in [3.8, 4) is 6.07 Å². The van der Waals surface area contributed by atoms with Gasteiger partial charge in [-0.15, -0.1) is 0 Å². The Labute approximate surface area is 67.0 Å². The van der Waals surface area contributed by atoms with Crippen molar-refractivity contribution in [2.24, 2.45) is 0 Å². The van der Waals surface area contributed by atoms with Gasteiger partial charge < -0.3 is 5.73 Å². The van der Waals surface area contributed by atoms with E-state index in [2.05, 4.69) is 0 Å². The maximum absolute atomic E-state index is 8.55. The Morgan fingerprint density at radius 2 is 2.18 bits per heavy atom. The van der Waals surface area contributed by atoms with Gasteiger partial charge in [-0.25, -0.2) is 0 Å². The molecule has 0 unspecified atom stereocenters. The summed E-state index contributed by atoms with van der Waals surface area (Å²) in [6.07, 6.45) is 0. The van der Waals surface area contributed by atoms with E-state index in [-0.39, 0.29) is 0 Å². The Bertz CT molecular complexity index is 326. The van der Waals surface area contributed by atoms with Gasteiger partial charge in [0, 0.05) is 11.3 Å². The molecule has 0 aromatic heterocycles. The molecular formula is C8H7BN2. The molecule has 0 saturated carbocycles. The first-order valence-electron chi connectivity index (χ1n) is 3.21. The van der Waals surface area contributed by atoms with Crippen LogP contribution in [0.3, 0.4) is 0 Å². The fourth-order valence-electron chi connectivity index (χ4n) is 0.844. The SMILES string of the molecule is [B]c1cc(C)c(N)cc1C#N. The van der Waals surface area contributed by atoms with Crippen molar-refractivity contribution in [3.63, 3.8) is 0 Å². The van der Waals surface area contributed by atoms with Crippen LogP contribution in [0.4, 0.5) is 5.69 Å². The Balaban J connectivity index is 3.35. The molecule has 1 aromatic carbocycles. The van der Waals surface area contributed by atoms with Gasteiger partial charge >= 0.3 is 0 Å². The molecule has 52 valence electrons. The van der Waals surface area contributed by atoms with E-state index >= 15 is 0 Å². The topological polar surface area (TPSA) is 49.8 Å². The van der Waals surface area contributed by atoms with Crippen molar-refractivity contribution < 1.29 is 0 Å². The summed E-state index contributed by atoms with van der Waals surface area (Å²) in [5.74, 6) is 0. The van der Waals surface area contributed by atoms with Gasteiger partial charge in [0.05, 0.1) is 6.07 Å². The highest BCUT2D eigenvalue weighted by Crippen LogP contribution is 2.09. The molecule has 0 amide bonds. The molecule has 0 heterocycles. The van der Waals surface area contributed by atoms with Crippen molar-refractivity contribution in [2.75, 3.05) is 5.73 Å². The van der Waals surface area contributed by atoms with Crippen LogP contribution >= 0.6 is 0 Å². The summed E-state index contributed by atoms with van der Waals surface area (Å²) in [5.41, 5.74) is 7.99. The van der Waals surface area contributed by atoms with Crippen LogP contribution in [-0.4, -0.2) is 7.85 Å². The van der Waals surface area contributed by atoms with Gasteiger partial charge in [-0.1, -0.05) is 11.5 Å². The number of hydrogen-bond donors (Lipinski definition) is 1. The fourth-order valence-corrected chi connectivity index (χ4v) is 0.844. The number of nitriles is 1. The van der Waals surface area contributed by atoms with Gasteiger partial charge in [0.2, 0.25) is 0 Å². The first-order valence-corrected chi connectivity index (χ1v) is 3.21. The van der Waals surface area contributed by atoms with Crippen LogP contribution in [0.2, 0.25) is 0 Å². The Morgan fingerprint density at radius 1 is 1.55 bits per heavy atom. The van der Waals surface area contributed by atoms with Gasteiger partial charge in [-0.05, 0) is 18.6 Å². The van der Waals surface area contributed by atoms with Gasteiger partial charge in [0.15, 0.2) is 0 Å². The smallest absolute Gasteiger partial charge is 0.115 e. The van der Waals surface area contributed by atoms with Crippen LogP contribution in [0, 0.1) is 18.3 Å². The van der Waals surface area contributed by atoms with Crippen LogP contribution in [0.5, 0.6) is 0 Å². The number of nitrogens with zero attached hydrogens (tertiary/aromatic N) is 1. The highest BCUT2D eigenvalue weighted by molar-refractivity contribution is 6.34. The lowest BCUT2D eigenvalue weighted by Gasteiger charge is -2.02. The lowest BCUT2D eigenvalue weighted by molar-refractivity contribution is 1.45. The minimum absolute atomic E-state index is 0.438. The minimum Gasteiger partial charge on any atom is -0.398 e. The zero-order valence-electron chi connectivity index (χ0n) is 6.26. The molecule has 11 heavy (non-hydrogen) atoms. The molecule has 2 N–H and O–H groups in total. The Hall–Kier alpha value is -1.43. The first-order chi connectivity index (χ1) is 5.15. The molecule has 0 aliphatic carbocycles. The molecule has 0 saturated heterocycles. The zero-order valence-corrected chi connectivity index (χ0v) is 6.26. The molecule has 2 nitrogen and oxygen atoms in total. The Kier molecular flexibility index (Phi) is 1.86. The second-order valence-corrected chi connectivity index (χ2v) is 2.41. The molecule has 0 fully saturated rings. The molecule has 0 spiro atoms. The van der Waals surface area contributed by atoms with Gasteiger partial charge in [-0.2, -0.15) is 5.26 Å². The first kappa shape index (κ1) is 7.68. The molecule has 1 aromatic rings. The van der Waals surface area contributed by atoms with Crippen LogP contribution in [-0.2, 0) is 0 Å². The van der Waals surface area contributed by atoms with E-state index in [0.29, 0.717) is 16.7 Å². The van der Waals surface area contributed by atoms with Crippen molar-refractivity contribution >= 4 is 19.0 Å². The van der Waals surface area contributed by atoms with Crippen molar-refractivity contribution in [1.29, 1.82) is 5.26 Å².